The Kier molecular flexibility index (Phi) is 3.45. The molecule has 2 heterocycles. The molecule has 0 radical (unpaired) electrons. The second-order valence-electron chi connectivity index (χ2n) is 6.58. The summed E-state index contributed by atoms with van der Waals surface area (Å²) in [6.45, 7) is 2.88. The minimum absolute atomic E-state index is 0.154. The van der Waals surface area contributed by atoms with Crippen molar-refractivity contribution in [3.8, 4) is 0 Å². The Bertz CT molecular complexity index is 658. The van der Waals surface area contributed by atoms with Crippen LogP contribution in [0.4, 0.5) is 4.39 Å². The van der Waals surface area contributed by atoms with Gasteiger partial charge in [-0.05, 0) is 49.8 Å². The Morgan fingerprint density at radius 2 is 1.95 bits per heavy atom. The number of rotatable bonds is 3. The molecule has 2 aliphatic rings. The molecule has 22 heavy (non-hydrogen) atoms. The van der Waals surface area contributed by atoms with Crippen molar-refractivity contribution in [1.82, 2.24) is 20.1 Å². The van der Waals surface area contributed by atoms with Crippen LogP contribution in [0.15, 0.2) is 24.3 Å². The highest BCUT2D eigenvalue weighted by Gasteiger charge is 2.32. The summed E-state index contributed by atoms with van der Waals surface area (Å²) in [7, 11) is 0. The summed E-state index contributed by atoms with van der Waals surface area (Å²) in [5.41, 5.74) is 1.26. The summed E-state index contributed by atoms with van der Waals surface area (Å²) >= 11 is 0. The molecule has 5 heteroatoms. The fourth-order valence-electron chi connectivity index (χ4n) is 3.66. The summed E-state index contributed by atoms with van der Waals surface area (Å²) in [6, 6.07) is 8.03. The zero-order chi connectivity index (χ0) is 15.1. The normalized spacial score (nSPS) is 27.3. The number of hydrogen-bond acceptors (Lipinski definition) is 3. The summed E-state index contributed by atoms with van der Waals surface area (Å²) in [5.74, 6) is 2.41. The van der Waals surface area contributed by atoms with Gasteiger partial charge in [0.25, 0.3) is 0 Å². The first-order valence-electron chi connectivity index (χ1n) is 8.09. The number of halogens is 1. The van der Waals surface area contributed by atoms with Crippen LogP contribution in [0.5, 0.6) is 0 Å². The maximum Gasteiger partial charge on any atom is 0.147 e. The van der Waals surface area contributed by atoms with Crippen LogP contribution in [-0.2, 0) is 13.0 Å². The molecule has 1 aromatic carbocycles. The lowest BCUT2D eigenvalue weighted by Gasteiger charge is -2.39. The van der Waals surface area contributed by atoms with Gasteiger partial charge in [-0.1, -0.05) is 12.1 Å². The van der Waals surface area contributed by atoms with Gasteiger partial charge in [0.1, 0.15) is 17.5 Å². The maximum absolute atomic E-state index is 13.0. The Morgan fingerprint density at radius 3 is 2.73 bits per heavy atom. The van der Waals surface area contributed by atoms with Crippen molar-refractivity contribution >= 4 is 0 Å². The average Bonchev–Trinajstić information content (AvgIpc) is 2.83. The average molecular weight is 300 g/mol. The lowest BCUT2D eigenvalue weighted by Crippen LogP contribution is -2.48. The van der Waals surface area contributed by atoms with Crippen molar-refractivity contribution in [1.29, 1.82) is 0 Å². The summed E-state index contributed by atoms with van der Waals surface area (Å²) in [6.07, 6.45) is 4.43. The van der Waals surface area contributed by atoms with E-state index in [2.05, 4.69) is 15.4 Å². The van der Waals surface area contributed by atoms with Crippen LogP contribution in [0.2, 0.25) is 0 Å². The third-order valence-electron chi connectivity index (χ3n) is 4.91. The van der Waals surface area contributed by atoms with Gasteiger partial charge in [-0.2, -0.15) is 5.10 Å². The molecule has 4 rings (SSSR count). The molecule has 1 aliphatic carbocycles. The van der Waals surface area contributed by atoms with E-state index in [-0.39, 0.29) is 5.82 Å². The zero-order valence-corrected chi connectivity index (χ0v) is 12.8. The van der Waals surface area contributed by atoms with E-state index >= 15 is 0 Å². The molecule has 0 unspecified atom stereocenters. The first kappa shape index (κ1) is 13.9. The van der Waals surface area contributed by atoms with Crippen molar-refractivity contribution in [3.63, 3.8) is 0 Å². The highest BCUT2D eigenvalue weighted by Crippen LogP contribution is 2.37. The van der Waals surface area contributed by atoms with Crippen molar-refractivity contribution < 1.29 is 4.39 Å². The van der Waals surface area contributed by atoms with Crippen LogP contribution in [0.1, 0.15) is 42.4 Å². The molecule has 1 fully saturated rings. The monoisotopic (exact) mass is 300 g/mol. The number of hydrogen-bond donors (Lipinski definition) is 1. The predicted molar refractivity (Wildman–Crippen MR) is 82.2 cm³/mol. The Hall–Kier alpha value is -1.75. The molecule has 1 aliphatic heterocycles. The number of benzene rings is 1. The molecule has 0 bridgehead atoms. The first-order valence-corrected chi connectivity index (χ1v) is 8.09. The van der Waals surface area contributed by atoms with Gasteiger partial charge in [-0.15, -0.1) is 0 Å². The molecule has 1 saturated carbocycles. The van der Waals surface area contributed by atoms with E-state index in [0.29, 0.717) is 18.0 Å². The van der Waals surface area contributed by atoms with Crippen LogP contribution in [0, 0.1) is 12.7 Å². The number of nitrogens with one attached hydrogen (secondary N) is 1. The molecule has 0 spiro atoms. The van der Waals surface area contributed by atoms with Crippen molar-refractivity contribution in [2.24, 2.45) is 0 Å². The topological polar surface area (TPSA) is 42.7 Å². The van der Waals surface area contributed by atoms with Crippen molar-refractivity contribution in [2.45, 2.75) is 57.2 Å². The van der Waals surface area contributed by atoms with Gasteiger partial charge in [-0.25, -0.2) is 14.1 Å². The van der Waals surface area contributed by atoms with E-state index < -0.39 is 0 Å². The highest BCUT2D eigenvalue weighted by molar-refractivity contribution is 5.23. The Balaban J connectivity index is 1.30. The third kappa shape index (κ3) is 2.65. The van der Waals surface area contributed by atoms with Gasteiger partial charge in [0.2, 0.25) is 0 Å². The van der Waals surface area contributed by atoms with E-state index in [9.17, 15) is 4.39 Å². The fourth-order valence-corrected chi connectivity index (χ4v) is 3.66. The highest BCUT2D eigenvalue weighted by atomic mass is 19.1. The van der Waals surface area contributed by atoms with Crippen molar-refractivity contribution in [3.05, 3.63) is 47.3 Å². The lowest BCUT2D eigenvalue weighted by atomic mass is 9.75. The molecular weight excluding hydrogens is 279 g/mol. The van der Waals surface area contributed by atoms with Crippen molar-refractivity contribution in [2.75, 3.05) is 0 Å². The van der Waals surface area contributed by atoms with E-state index in [1.807, 2.05) is 23.7 Å². The largest absolute Gasteiger partial charge is 0.309 e. The summed E-state index contributed by atoms with van der Waals surface area (Å²) < 4.78 is 15.0. The number of nitrogens with zero attached hydrogens (tertiary/aromatic N) is 3. The standard InChI is InChI=1S/C17H21FN4/c1-11-19-17-7-6-15(10-22(17)21-11)20-16-8-13(9-16)12-2-4-14(18)5-3-12/h2-5,13,15-16,20H,6-10H2,1H3/t13?,15-,16?/m1/s1. The second-order valence-corrected chi connectivity index (χ2v) is 6.58. The fraction of sp³-hybridized carbons (Fsp3) is 0.529. The van der Waals surface area contributed by atoms with Gasteiger partial charge in [0.15, 0.2) is 0 Å². The molecular formula is C17H21FN4. The van der Waals surface area contributed by atoms with E-state index in [1.165, 1.54) is 5.56 Å². The molecule has 0 saturated heterocycles. The molecule has 4 nitrogen and oxygen atoms in total. The van der Waals surface area contributed by atoms with Crippen LogP contribution in [0.3, 0.4) is 0 Å². The molecule has 1 atom stereocenters. The van der Waals surface area contributed by atoms with Crippen LogP contribution < -0.4 is 5.32 Å². The quantitative estimate of drug-likeness (QED) is 0.947. The summed E-state index contributed by atoms with van der Waals surface area (Å²) in [5, 5.41) is 8.21. The van der Waals surface area contributed by atoms with Gasteiger partial charge in [0, 0.05) is 18.5 Å². The SMILES string of the molecule is Cc1nc2n(n1)C[C@H](NC1CC(c3ccc(F)cc3)C1)CC2. The second kappa shape index (κ2) is 5.47. The van der Waals surface area contributed by atoms with Gasteiger partial charge in [-0.3, -0.25) is 0 Å². The Morgan fingerprint density at radius 1 is 1.18 bits per heavy atom. The minimum Gasteiger partial charge on any atom is -0.309 e. The van der Waals surface area contributed by atoms with E-state index in [1.54, 1.807) is 12.1 Å². The number of fused-ring (bicyclic) bond motifs is 1. The predicted octanol–water partition coefficient (Wildman–Crippen LogP) is 2.58. The van der Waals surface area contributed by atoms with Gasteiger partial charge >= 0.3 is 0 Å². The first-order chi connectivity index (χ1) is 10.7. The lowest BCUT2D eigenvalue weighted by molar-refractivity contribution is 0.234. The number of aromatic nitrogens is 3. The molecule has 1 N–H and O–H groups in total. The van der Waals surface area contributed by atoms with Crippen LogP contribution in [-0.4, -0.2) is 26.8 Å². The third-order valence-corrected chi connectivity index (χ3v) is 4.91. The smallest absolute Gasteiger partial charge is 0.147 e. The molecule has 116 valence electrons. The molecule has 1 aromatic heterocycles. The number of aryl methyl sites for hydroxylation is 2. The zero-order valence-electron chi connectivity index (χ0n) is 12.8. The van der Waals surface area contributed by atoms with E-state index in [4.69, 9.17) is 0 Å². The molecule has 2 aromatic rings. The Labute approximate surface area is 129 Å². The van der Waals surface area contributed by atoms with Crippen LogP contribution >= 0.6 is 0 Å². The van der Waals surface area contributed by atoms with Gasteiger partial charge in [0.05, 0.1) is 6.54 Å². The van der Waals surface area contributed by atoms with E-state index in [0.717, 1.165) is 43.9 Å². The van der Waals surface area contributed by atoms with Crippen LogP contribution in [0.25, 0.3) is 0 Å². The minimum atomic E-state index is -0.154. The molecule has 0 amide bonds. The van der Waals surface area contributed by atoms with Gasteiger partial charge < -0.3 is 5.32 Å². The summed E-state index contributed by atoms with van der Waals surface area (Å²) in [4.78, 5) is 4.45. The maximum atomic E-state index is 13.0.